The number of carbonyl (C=O) groups is 2. The molecule has 5 nitrogen and oxygen atoms in total. The smallest absolute Gasteiger partial charge is 0.354 e. The molecule has 1 heterocycles. The summed E-state index contributed by atoms with van der Waals surface area (Å²) >= 11 is 0. The van der Waals surface area contributed by atoms with Gasteiger partial charge in [-0.05, 0) is 30.9 Å². The third kappa shape index (κ3) is 3.56. The molecule has 0 aromatic carbocycles. The molecule has 20 heavy (non-hydrogen) atoms. The van der Waals surface area contributed by atoms with Crippen molar-refractivity contribution in [2.75, 3.05) is 0 Å². The van der Waals surface area contributed by atoms with Gasteiger partial charge < -0.3 is 10.4 Å². The van der Waals surface area contributed by atoms with Crippen LogP contribution >= 0.6 is 0 Å². The molecule has 1 aliphatic carbocycles. The lowest BCUT2D eigenvalue weighted by Crippen LogP contribution is -2.38. The second-order valence-electron chi connectivity index (χ2n) is 5.32. The zero-order valence-electron chi connectivity index (χ0n) is 11.6. The number of nitrogens with one attached hydrogen (secondary N) is 1. The first-order chi connectivity index (χ1) is 9.60. The average molecular weight is 276 g/mol. The summed E-state index contributed by atoms with van der Waals surface area (Å²) in [6.45, 7) is 2.17. The minimum atomic E-state index is -1.12. The van der Waals surface area contributed by atoms with Gasteiger partial charge in [0.05, 0.1) is 0 Å². The molecule has 5 heteroatoms. The maximum absolute atomic E-state index is 12.1. The fourth-order valence-corrected chi connectivity index (χ4v) is 2.73. The van der Waals surface area contributed by atoms with Crippen molar-refractivity contribution in [2.24, 2.45) is 5.92 Å². The Morgan fingerprint density at radius 2 is 2.10 bits per heavy atom. The number of carbonyl (C=O) groups excluding carboxylic acids is 1. The Hall–Kier alpha value is -1.91. The molecule has 2 unspecified atom stereocenters. The van der Waals surface area contributed by atoms with Gasteiger partial charge >= 0.3 is 5.97 Å². The number of aromatic nitrogens is 1. The van der Waals surface area contributed by atoms with Gasteiger partial charge in [0.1, 0.15) is 11.4 Å². The highest BCUT2D eigenvalue weighted by atomic mass is 16.4. The van der Waals surface area contributed by atoms with Crippen molar-refractivity contribution in [1.82, 2.24) is 10.3 Å². The van der Waals surface area contributed by atoms with E-state index in [1.54, 1.807) is 12.1 Å². The number of pyridine rings is 1. The van der Waals surface area contributed by atoms with Crippen molar-refractivity contribution < 1.29 is 14.7 Å². The number of hydrogen-bond donors (Lipinski definition) is 2. The molecule has 1 aromatic heterocycles. The van der Waals surface area contributed by atoms with E-state index in [0.29, 0.717) is 5.92 Å². The summed E-state index contributed by atoms with van der Waals surface area (Å²) < 4.78 is 0. The molecule has 0 bridgehead atoms. The third-order valence-electron chi connectivity index (χ3n) is 3.90. The van der Waals surface area contributed by atoms with Gasteiger partial charge in [-0.2, -0.15) is 0 Å². The second-order valence-corrected chi connectivity index (χ2v) is 5.32. The number of carboxylic acid groups (broad SMARTS) is 1. The van der Waals surface area contributed by atoms with Crippen molar-refractivity contribution in [3.05, 3.63) is 29.6 Å². The van der Waals surface area contributed by atoms with Crippen LogP contribution in [0.4, 0.5) is 0 Å². The Bertz CT molecular complexity index is 502. The molecule has 0 aliphatic heterocycles. The molecule has 2 rings (SSSR count). The number of carboxylic acids is 1. The van der Waals surface area contributed by atoms with Gasteiger partial charge in [0, 0.05) is 6.04 Å². The van der Waals surface area contributed by atoms with Crippen LogP contribution in [-0.4, -0.2) is 28.0 Å². The van der Waals surface area contributed by atoms with Gasteiger partial charge in [-0.3, -0.25) is 4.79 Å². The minimum Gasteiger partial charge on any atom is -0.477 e. The van der Waals surface area contributed by atoms with E-state index in [1.165, 1.54) is 12.5 Å². The molecule has 1 aromatic rings. The topological polar surface area (TPSA) is 79.3 Å². The van der Waals surface area contributed by atoms with E-state index in [-0.39, 0.29) is 23.3 Å². The molecule has 1 amide bonds. The van der Waals surface area contributed by atoms with E-state index in [9.17, 15) is 9.59 Å². The van der Waals surface area contributed by atoms with Gasteiger partial charge in [-0.1, -0.05) is 32.3 Å². The SMILES string of the molecule is CCC1CCCC(NC(=O)c2cccc(C(=O)O)n2)C1. The van der Waals surface area contributed by atoms with Crippen LogP contribution in [0.3, 0.4) is 0 Å². The predicted octanol–water partition coefficient (Wildman–Crippen LogP) is 2.48. The van der Waals surface area contributed by atoms with Gasteiger partial charge in [-0.25, -0.2) is 9.78 Å². The summed E-state index contributed by atoms with van der Waals surface area (Å²) in [6, 6.07) is 4.65. The second kappa shape index (κ2) is 6.50. The van der Waals surface area contributed by atoms with E-state index in [4.69, 9.17) is 5.11 Å². The molecule has 0 radical (unpaired) electrons. The van der Waals surface area contributed by atoms with E-state index in [1.807, 2.05) is 0 Å². The fourth-order valence-electron chi connectivity index (χ4n) is 2.73. The summed E-state index contributed by atoms with van der Waals surface area (Å²) in [6.07, 6.45) is 5.49. The molecular weight excluding hydrogens is 256 g/mol. The van der Waals surface area contributed by atoms with E-state index < -0.39 is 5.97 Å². The van der Waals surface area contributed by atoms with Crippen molar-refractivity contribution in [3.63, 3.8) is 0 Å². The monoisotopic (exact) mass is 276 g/mol. The standard InChI is InChI=1S/C15H20N2O3/c1-2-10-5-3-6-11(9-10)16-14(18)12-7-4-8-13(17-12)15(19)20/h4,7-8,10-11H,2-3,5-6,9H2,1H3,(H,16,18)(H,19,20). The van der Waals surface area contributed by atoms with Crippen LogP contribution in [0.15, 0.2) is 18.2 Å². The number of hydrogen-bond acceptors (Lipinski definition) is 3. The zero-order chi connectivity index (χ0) is 14.5. The zero-order valence-corrected chi connectivity index (χ0v) is 11.6. The fraction of sp³-hybridized carbons (Fsp3) is 0.533. The van der Waals surface area contributed by atoms with Crippen LogP contribution in [0.25, 0.3) is 0 Å². The van der Waals surface area contributed by atoms with Gasteiger partial charge in [0.2, 0.25) is 0 Å². The molecule has 1 aliphatic rings. The van der Waals surface area contributed by atoms with Crippen LogP contribution in [-0.2, 0) is 0 Å². The van der Waals surface area contributed by atoms with E-state index >= 15 is 0 Å². The van der Waals surface area contributed by atoms with Crippen molar-refractivity contribution in [1.29, 1.82) is 0 Å². The van der Waals surface area contributed by atoms with Gasteiger partial charge in [0.25, 0.3) is 5.91 Å². The molecule has 108 valence electrons. The Morgan fingerprint density at radius 1 is 1.35 bits per heavy atom. The van der Waals surface area contributed by atoms with E-state index in [0.717, 1.165) is 25.7 Å². The van der Waals surface area contributed by atoms with Crippen LogP contribution in [0.1, 0.15) is 60.0 Å². The van der Waals surface area contributed by atoms with Crippen molar-refractivity contribution >= 4 is 11.9 Å². The number of aromatic carboxylic acids is 1. The van der Waals surface area contributed by atoms with Crippen molar-refractivity contribution in [2.45, 2.75) is 45.1 Å². The van der Waals surface area contributed by atoms with Gasteiger partial charge in [0.15, 0.2) is 0 Å². The Morgan fingerprint density at radius 3 is 2.80 bits per heavy atom. The number of nitrogens with zero attached hydrogens (tertiary/aromatic N) is 1. The summed E-state index contributed by atoms with van der Waals surface area (Å²) in [5.41, 5.74) is 0.0660. The normalized spacial score (nSPS) is 22.2. The number of rotatable bonds is 4. The maximum atomic E-state index is 12.1. The van der Waals surface area contributed by atoms with Crippen LogP contribution in [0.5, 0.6) is 0 Å². The van der Waals surface area contributed by atoms with Gasteiger partial charge in [-0.15, -0.1) is 0 Å². The summed E-state index contributed by atoms with van der Waals surface area (Å²) in [7, 11) is 0. The minimum absolute atomic E-state index is 0.104. The van der Waals surface area contributed by atoms with Crippen LogP contribution < -0.4 is 5.32 Å². The lowest BCUT2D eigenvalue weighted by molar-refractivity contribution is 0.0690. The molecule has 0 spiro atoms. The Balaban J connectivity index is 2.01. The molecule has 1 saturated carbocycles. The summed E-state index contributed by atoms with van der Waals surface area (Å²) in [4.78, 5) is 26.8. The molecule has 2 N–H and O–H groups in total. The number of amides is 1. The first kappa shape index (κ1) is 14.5. The molecule has 1 fully saturated rings. The highest BCUT2D eigenvalue weighted by Gasteiger charge is 2.23. The van der Waals surface area contributed by atoms with Crippen LogP contribution in [0, 0.1) is 5.92 Å². The molecule has 2 atom stereocenters. The largest absolute Gasteiger partial charge is 0.477 e. The quantitative estimate of drug-likeness (QED) is 0.885. The third-order valence-corrected chi connectivity index (χ3v) is 3.90. The lowest BCUT2D eigenvalue weighted by atomic mass is 9.84. The lowest BCUT2D eigenvalue weighted by Gasteiger charge is -2.28. The van der Waals surface area contributed by atoms with E-state index in [2.05, 4.69) is 17.2 Å². The Labute approximate surface area is 118 Å². The summed E-state index contributed by atoms with van der Waals surface area (Å²) in [5.74, 6) is -0.731. The Kier molecular flexibility index (Phi) is 4.71. The molecule has 0 saturated heterocycles. The highest BCUT2D eigenvalue weighted by Crippen LogP contribution is 2.26. The maximum Gasteiger partial charge on any atom is 0.354 e. The van der Waals surface area contributed by atoms with Crippen molar-refractivity contribution in [3.8, 4) is 0 Å². The van der Waals surface area contributed by atoms with Crippen LogP contribution in [0.2, 0.25) is 0 Å². The average Bonchev–Trinajstić information content (AvgIpc) is 2.47. The predicted molar refractivity (Wildman–Crippen MR) is 74.7 cm³/mol. The first-order valence-corrected chi connectivity index (χ1v) is 7.11. The first-order valence-electron chi connectivity index (χ1n) is 7.11. The highest BCUT2D eigenvalue weighted by molar-refractivity contribution is 5.94. The molecular formula is C15H20N2O3. The summed E-state index contributed by atoms with van der Waals surface area (Å²) in [5, 5.41) is 11.9.